The maximum Gasteiger partial charge on any atom is 0.238 e. The van der Waals surface area contributed by atoms with Crippen LogP contribution in [0.1, 0.15) is 5.69 Å². The number of hydrogen-bond acceptors (Lipinski definition) is 4. The number of halogens is 1. The van der Waals surface area contributed by atoms with Crippen LogP contribution >= 0.6 is 12.2 Å². The summed E-state index contributed by atoms with van der Waals surface area (Å²) >= 11 is 4.73. The molecule has 0 saturated heterocycles. The molecule has 0 atom stereocenters. The topological polar surface area (TPSA) is 61.0 Å². The smallest absolute Gasteiger partial charge is 0.238 e. The standard InChI is InChI=1S/C11H8FN3OS/c12-7-3-1-2-4-9(7)16-10-6-14-8(5-15-10)11(13)17/h1-6H,(H2,13,17). The Kier molecular flexibility index (Phi) is 3.24. The quantitative estimate of drug-likeness (QED) is 0.843. The molecule has 0 bridgehead atoms. The number of para-hydroxylation sites is 1. The third-order valence-electron chi connectivity index (χ3n) is 1.93. The summed E-state index contributed by atoms with van der Waals surface area (Å²) in [6.07, 6.45) is 2.71. The van der Waals surface area contributed by atoms with Crippen LogP contribution in [0, 0.1) is 5.82 Å². The van der Waals surface area contributed by atoms with Gasteiger partial charge in [-0.2, -0.15) is 0 Å². The second-order valence-corrected chi connectivity index (χ2v) is 3.58. The van der Waals surface area contributed by atoms with Crippen LogP contribution in [0.4, 0.5) is 4.39 Å². The van der Waals surface area contributed by atoms with Gasteiger partial charge in [-0.1, -0.05) is 24.4 Å². The van der Waals surface area contributed by atoms with Crippen LogP contribution < -0.4 is 10.5 Å². The third-order valence-corrected chi connectivity index (χ3v) is 2.14. The van der Waals surface area contributed by atoms with Crippen LogP contribution in [-0.2, 0) is 0 Å². The van der Waals surface area contributed by atoms with Crippen molar-refractivity contribution in [2.45, 2.75) is 0 Å². The number of ether oxygens (including phenoxy) is 1. The summed E-state index contributed by atoms with van der Waals surface area (Å²) in [6, 6.07) is 6.03. The van der Waals surface area contributed by atoms with Gasteiger partial charge in [-0.3, -0.25) is 0 Å². The Morgan fingerprint density at radius 3 is 2.59 bits per heavy atom. The van der Waals surface area contributed by atoms with Gasteiger partial charge in [0.15, 0.2) is 11.6 Å². The number of thiocarbonyl (C=S) groups is 1. The van der Waals surface area contributed by atoms with E-state index in [0.717, 1.165) is 0 Å². The Morgan fingerprint density at radius 1 is 1.24 bits per heavy atom. The molecule has 86 valence electrons. The minimum Gasteiger partial charge on any atom is -0.434 e. The highest BCUT2D eigenvalue weighted by molar-refractivity contribution is 7.80. The first kappa shape index (κ1) is 11.4. The Bertz CT molecular complexity index is 545. The zero-order chi connectivity index (χ0) is 12.3. The van der Waals surface area contributed by atoms with E-state index in [1.165, 1.54) is 24.5 Å². The first-order chi connectivity index (χ1) is 8.16. The largest absolute Gasteiger partial charge is 0.434 e. The number of benzene rings is 1. The van der Waals surface area contributed by atoms with E-state index in [9.17, 15) is 4.39 Å². The molecule has 1 aromatic heterocycles. The fourth-order valence-corrected chi connectivity index (χ4v) is 1.24. The lowest BCUT2D eigenvalue weighted by molar-refractivity contribution is 0.425. The lowest BCUT2D eigenvalue weighted by Gasteiger charge is -2.05. The van der Waals surface area contributed by atoms with Crippen LogP contribution in [0.2, 0.25) is 0 Å². The van der Waals surface area contributed by atoms with E-state index in [1.54, 1.807) is 12.1 Å². The fourth-order valence-electron chi connectivity index (χ4n) is 1.14. The number of nitrogens with two attached hydrogens (primary N) is 1. The molecule has 0 spiro atoms. The molecule has 0 aliphatic rings. The average molecular weight is 249 g/mol. The van der Waals surface area contributed by atoms with E-state index >= 15 is 0 Å². The van der Waals surface area contributed by atoms with Crippen molar-refractivity contribution in [1.82, 2.24) is 9.97 Å². The number of aromatic nitrogens is 2. The van der Waals surface area contributed by atoms with Gasteiger partial charge in [-0.05, 0) is 12.1 Å². The van der Waals surface area contributed by atoms with E-state index in [2.05, 4.69) is 9.97 Å². The average Bonchev–Trinajstić information content (AvgIpc) is 2.33. The van der Waals surface area contributed by atoms with Gasteiger partial charge in [-0.15, -0.1) is 0 Å². The Hall–Kier alpha value is -2.08. The van der Waals surface area contributed by atoms with Crippen molar-refractivity contribution in [3.8, 4) is 11.6 Å². The summed E-state index contributed by atoms with van der Waals surface area (Å²) in [5, 5.41) is 0. The molecule has 17 heavy (non-hydrogen) atoms. The second-order valence-electron chi connectivity index (χ2n) is 3.14. The monoisotopic (exact) mass is 249 g/mol. The van der Waals surface area contributed by atoms with E-state index < -0.39 is 5.82 Å². The molecule has 0 radical (unpaired) electrons. The lowest BCUT2D eigenvalue weighted by Crippen LogP contribution is -2.11. The molecule has 0 amide bonds. The summed E-state index contributed by atoms with van der Waals surface area (Å²) in [6.45, 7) is 0. The zero-order valence-electron chi connectivity index (χ0n) is 8.63. The van der Waals surface area contributed by atoms with Crippen molar-refractivity contribution >= 4 is 17.2 Å². The van der Waals surface area contributed by atoms with Gasteiger partial charge in [0, 0.05) is 0 Å². The highest BCUT2D eigenvalue weighted by Gasteiger charge is 2.05. The van der Waals surface area contributed by atoms with Gasteiger partial charge in [0.1, 0.15) is 10.7 Å². The van der Waals surface area contributed by atoms with Crippen LogP contribution in [0.3, 0.4) is 0 Å². The Labute approximate surface area is 102 Å². The molecule has 0 unspecified atom stereocenters. The van der Waals surface area contributed by atoms with Crippen LogP contribution in [0.25, 0.3) is 0 Å². The van der Waals surface area contributed by atoms with Crippen molar-refractivity contribution in [2.75, 3.05) is 0 Å². The SMILES string of the molecule is NC(=S)c1cnc(Oc2ccccc2F)cn1. The predicted octanol–water partition coefficient (Wildman–Crippen LogP) is 2.04. The summed E-state index contributed by atoms with van der Waals surface area (Å²) < 4.78 is 18.5. The second kappa shape index (κ2) is 4.84. The van der Waals surface area contributed by atoms with Gasteiger partial charge in [-0.25, -0.2) is 14.4 Å². The third kappa shape index (κ3) is 2.73. The molecule has 1 heterocycles. The van der Waals surface area contributed by atoms with Crippen LogP contribution in [0.15, 0.2) is 36.7 Å². The number of nitrogens with zero attached hydrogens (tertiary/aromatic N) is 2. The van der Waals surface area contributed by atoms with E-state index in [1.807, 2.05) is 0 Å². The highest BCUT2D eigenvalue weighted by Crippen LogP contribution is 2.21. The number of rotatable bonds is 3. The van der Waals surface area contributed by atoms with Gasteiger partial charge < -0.3 is 10.5 Å². The van der Waals surface area contributed by atoms with E-state index in [0.29, 0.717) is 5.69 Å². The normalized spacial score (nSPS) is 9.94. The summed E-state index contributed by atoms with van der Waals surface area (Å²) in [5.41, 5.74) is 5.76. The fraction of sp³-hybridized carbons (Fsp3) is 0. The molecule has 4 nitrogen and oxygen atoms in total. The summed E-state index contributed by atoms with van der Waals surface area (Å²) in [7, 11) is 0. The Morgan fingerprint density at radius 2 is 2.00 bits per heavy atom. The van der Waals surface area contributed by atoms with Gasteiger partial charge in [0.25, 0.3) is 0 Å². The molecule has 2 rings (SSSR count). The van der Waals surface area contributed by atoms with Crippen molar-refractivity contribution in [2.24, 2.45) is 5.73 Å². The molecule has 0 aliphatic carbocycles. The molecule has 1 aromatic carbocycles. The zero-order valence-corrected chi connectivity index (χ0v) is 9.45. The minimum atomic E-state index is -0.465. The number of hydrogen-bond donors (Lipinski definition) is 1. The summed E-state index contributed by atoms with van der Waals surface area (Å²) in [5.74, 6) is -0.201. The van der Waals surface area contributed by atoms with E-state index in [-0.39, 0.29) is 16.6 Å². The molecule has 6 heteroatoms. The first-order valence-corrected chi connectivity index (χ1v) is 5.12. The van der Waals surface area contributed by atoms with Crippen molar-refractivity contribution in [3.05, 3.63) is 48.2 Å². The maximum absolute atomic E-state index is 13.3. The van der Waals surface area contributed by atoms with Gasteiger partial charge in [0.2, 0.25) is 5.88 Å². The van der Waals surface area contributed by atoms with Crippen molar-refractivity contribution in [1.29, 1.82) is 0 Å². The maximum atomic E-state index is 13.3. The van der Waals surface area contributed by atoms with Gasteiger partial charge in [0.05, 0.1) is 12.4 Å². The van der Waals surface area contributed by atoms with Crippen LogP contribution in [0.5, 0.6) is 11.6 Å². The molecule has 0 saturated carbocycles. The first-order valence-electron chi connectivity index (χ1n) is 4.71. The lowest BCUT2D eigenvalue weighted by atomic mass is 10.3. The molecule has 0 aliphatic heterocycles. The predicted molar refractivity (Wildman–Crippen MR) is 64.4 cm³/mol. The summed E-state index contributed by atoms with van der Waals surface area (Å²) in [4.78, 5) is 7.99. The Balaban J connectivity index is 2.20. The molecule has 0 fully saturated rings. The molecular weight excluding hydrogens is 241 g/mol. The van der Waals surface area contributed by atoms with Gasteiger partial charge >= 0.3 is 0 Å². The van der Waals surface area contributed by atoms with Crippen molar-refractivity contribution in [3.63, 3.8) is 0 Å². The molecule has 2 aromatic rings. The molecular formula is C11H8FN3OS. The highest BCUT2D eigenvalue weighted by atomic mass is 32.1. The minimum absolute atomic E-state index is 0.0878. The van der Waals surface area contributed by atoms with Crippen LogP contribution in [-0.4, -0.2) is 15.0 Å². The molecule has 2 N–H and O–H groups in total. The van der Waals surface area contributed by atoms with Crippen molar-refractivity contribution < 1.29 is 9.13 Å². The van der Waals surface area contributed by atoms with E-state index in [4.69, 9.17) is 22.7 Å².